The lowest BCUT2D eigenvalue weighted by atomic mass is 9.80. The number of aromatic nitrogens is 1. The van der Waals surface area contributed by atoms with Crippen molar-refractivity contribution in [1.29, 1.82) is 0 Å². The van der Waals surface area contributed by atoms with Crippen molar-refractivity contribution in [2.24, 2.45) is 5.92 Å². The van der Waals surface area contributed by atoms with Crippen LogP contribution in [0.2, 0.25) is 0 Å². The molecule has 8 heteroatoms. The van der Waals surface area contributed by atoms with Crippen LogP contribution in [-0.4, -0.2) is 63.6 Å². The smallest absolute Gasteiger partial charge is 0.328 e. The van der Waals surface area contributed by atoms with Crippen LogP contribution >= 0.6 is 0 Å². The summed E-state index contributed by atoms with van der Waals surface area (Å²) < 4.78 is 0. The minimum atomic E-state index is -1.26. The highest BCUT2D eigenvalue weighted by molar-refractivity contribution is 5.99. The quantitative estimate of drug-likeness (QED) is 0.530. The standard InChI is InChI=1S/C21H25N3O.C4H4O4/c1-24-12-14(21(25)23-15-5-2-3-6-15)9-17-16-7-4-8-18-20(16)13(11-22-18)10-19(17)24;5-3(6)1-2-4(7)8/h4,7-9,11,14-15,19,22H,2-3,5-6,10,12H2,1H3,(H,23,25);1-2H,(H,5,6)(H,7,8)/b;2-1-/t14-,19?;/m1./s1. The van der Waals surface area contributed by atoms with Crippen molar-refractivity contribution in [3.05, 3.63) is 53.8 Å². The summed E-state index contributed by atoms with van der Waals surface area (Å²) in [7, 11) is 2.16. The fourth-order valence-electron chi connectivity index (χ4n) is 5.14. The summed E-state index contributed by atoms with van der Waals surface area (Å²) in [6, 6.07) is 7.23. The van der Waals surface area contributed by atoms with Gasteiger partial charge in [0, 0.05) is 47.9 Å². The molecule has 2 heterocycles. The largest absolute Gasteiger partial charge is 0.478 e. The van der Waals surface area contributed by atoms with Crippen LogP contribution < -0.4 is 5.32 Å². The van der Waals surface area contributed by atoms with Crippen molar-refractivity contribution in [3.63, 3.8) is 0 Å². The number of fused-ring (bicyclic) bond motifs is 2. The molecule has 1 aromatic heterocycles. The molecule has 1 aromatic carbocycles. The molecule has 0 spiro atoms. The van der Waals surface area contributed by atoms with Gasteiger partial charge in [0.2, 0.25) is 5.91 Å². The number of aliphatic carboxylic acids is 2. The molecule has 1 fully saturated rings. The van der Waals surface area contributed by atoms with E-state index in [1.54, 1.807) is 0 Å². The van der Waals surface area contributed by atoms with Gasteiger partial charge < -0.3 is 20.5 Å². The van der Waals surface area contributed by atoms with E-state index in [0.717, 1.165) is 25.8 Å². The molecule has 0 bridgehead atoms. The van der Waals surface area contributed by atoms with E-state index in [9.17, 15) is 14.4 Å². The van der Waals surface area contributed by atoms with Crippen molar-refractivity contribution in [2.45, 2.75) is 44.2 Å². The molecule has 5 rings (SSSR count). The average Bonchev–Trinajstić information content (AvgIpc) is 3.44. The van der Waals surface area contributed by atoms with E-state index in [1.807, 2.05) is 0 Å². The van der Waals surface area contributed by atoms with Gasteiger partial charge in [-0.3, -0.25) is 9.69 Å². The summed E-state index contributed by atoms with van der Waals surface area (Å²) >= 11 is 0. The second-order valence-electron chi connectivity index (χ2n) is 8.93. The van der Waals surface area contributed by atoms with Crippen molar-refractivity contribution < 1.29 is 24.6 Å². The van der Waals surface area contributed by atoms with Gasteiger partial charge in [0.1, 0.15) is 0 Å². The second kappa shape index (κ2) is 9.62. The fraction of sp³-hybridized carbons (Fsp3) is 0.400. The SMILES string of the molecule is CN1C[C@H](C(=O)NC2CCCC2)C=C2c3cccc4[nH]cc(c34)CC21.O=C(O)/C=C\C(=O)O. The first-order valence-electron chi connectivity index (χ1n) is 11.3. The molecule has 0 radical (unpaired) electrons. The fourth-order valence-corrected chi connectivity index (χ4v) is 5.14. The van der Waals surface area contributed by atoms with Crippen molar-refractivity contribution >= 4 is 34.3 Å². The Kier molecular flexibility index (Phi) is 6.65. The zero-order valence-electron chi connectivity index (χ0n) is 18.6. The predicted octanol–water partition coefficient (Wildman–Crippen LogP) is 2.81. The van der Waals surface area contributed by atoms with Gasteiger partial charge in [-0.05, 0) is 49.1 Å². The highest BCUT2D eigenvalue weighted by Gasteiger charge is 2.36. The van der Waals surface area contributed by atoms with Crippen LogP contribution in [0.4, 0.5) is 0 Å². The first-order valence-corrected chi connectivity index (χ1v) is 11.3. The summed E-state index contributed by atoms with van der Waals surface area (Å²) in [4.78, 5) is 37.7. The van der Waals surface area contributed by atoms with Crippen LogP contribution in [0, 0.1) is 5.92 Å². The Morgan fingerprint density at radius 2 is 1.82 bits per heavy atom. The lowest BCUT2D eigenvalue weighted by Gasteiger charge is -2.39. The average molecular weight is 452 g/mol. The zero-order chi connectivity index (χ0) is 23.5. The molecule has 1 saturated carbocycles. The molecular formula is C25H29N3O5. The summed E-state index contributed by atoms with van der Waals surface area (Å²) in [5, 5.41) is 20.3. The van der Waals surface area contributed by atoms with Crippen LogP contribution in [-0.2, 0) is 20.8 Å². The number of likely N-dealkylation sites (N-methyl/N-ethyl adjacent to an activating group) is 1. The molecule has 1 aliphatic heterocycles. The van der Waals surface area contributed by atoms with Gasteiger partial charge in [-0.1, -0.05) is 31.1 Å². The number of carboxylic acids is 2. The first kappa shape index (κ1) is 22.8. The third kappa shape index (κ3) is 5.01. The zero-order valence-corrected chi connectivity index (χ0v) is 18.6. The maximum atomic E-state index is 12.8. The van der Waals surface area contributed by atoms with E-state index >= 15 is 0 Å². The molecule has 33 heavy (non-hydrogen) atoms. The molecule has 1 unspecified atom stereocenters. The van der Waals surface area contributed by atoms with E-state index in [4.69, 9.17) is 10.2 Å². The van der Waals surface area contributed by atoms with Gasteiger partial charge in [-0.15, -0.1) is 0 Å². The Labute approximate surface area is 192 Å². The third-order valence-electron chi connectivity index (χ3n) is 6.68. The highest BCUT2D eigenvalue weighted by Crippen LogP contribution is 2.40. The Bertz CT molecular complexity index is 1110. The summed E-state index contributed by atoms with van der Waals surface area (Å²) in [6.07, 6.45) is 11.3. The number of carboxylic acid groups (broad SMARTS) is 2. The topological polar surface area (TPSA) is 123 Å². The molecule has 174 valence electrons. The summed E-state index contributed by atoms with van der Waals surface area (Å²) in [6.45, 7) is 0.808. The van der Waals surface area contributed by atoms with Crippen LogP contribution in [0.15, 0.2) is 42.6 Å². The van der Waals surface area contributed by atoms with Gasteiger partial charge in [-0.2, -0.15) is 0 Å². The molecule has 2 aromatic rings. The van der Waals surface area contributed by atoms with Gasteiger partial charge in [0.05, 0.1) is 5.92 Å². The number of aromatic amines is 1. The number of H-pyrrole nitrogens is 1. The number of benzene rings is 1. The van der Waals surface area contributed by atoms with Gasteiger partial charge in [-0.25, -0.2) is 9.59 Å². The molecule has 0 saturated heterocycles. The van der Waals surface area contributed by atoms with Gasteiger partial charge >= 0.3 is 11.9 Å². The predicted molar refractivity (Wildman–Crippen MR) is 125 cm³/mol. The minimum absolute atomic E-state index is 0.0485. The molecule has 2 atom stereocenters. The number of carbonyl (C=O) groups excluding carboxylic acids is 1. The first-order chi connectivity index (χ1) is 15.8. The lowest BCUT2D eigenvalue weighted by molar-refractivity contribution is -0.134. The van der Waals surface area contributed by atoms with E-state index in [1.165, 1.54) is 40.4 Å². The molecule has 4 N–H and O–H groups in total. The van der Waals surface area contributed by atoms with Crippen LogP contribution in [0.3, 0.4) is 0 Å². The van der Waals surface area contributed by atoms with Crippen molar-refractivity contribution in [3.8, 4) is 0 Å². The number of hydrogen-bond acceptors (Lipinski definition) is 4. The summed E-state index contributed by atoms with van der Waals surface area (Å²) in [5.41, 5.74) is 5.23. The normalized spacial score (nSPS) is 22.4. The minimum Gasteiger partial charge on any atom is -0.478 e. The molecule has 1 amide bonds. The Hall–Kier alpha value is -3.39. The number of nitrogens with zero attached hydrogens (tertiary/aromatic N) is 1. The van der Waals surface area contributed by atoms with Crippen LogP contribution in [0.5, 0.6) is 0 Å². The third-order valence-corrected chi connectivity index (χ3v) is 6.68. The van der Waals surface area contributed by atoms with Crippen LogP contribution in [0.25, 0.3) is 16.5 Å². The number of hydrogen-bond donors (Lipinski definition) is 4. The van der Waals surface area contributed by atoms with Gasteiger partial charge in [0.15, 0.2) is 0 Å². The maximum absolute atomic E-state index is 12.8. The number of amides is 1. The van der Waals surface area contributed by atoms with E-state index in [2.05, 4.69) is 52.7 Å². The second-order valence-corrected chi connectivity index (χ2v) is 8.93. The Morgan fingerprint density at radius 3 is 2.48 bits per heavy atom. The molecule has 3 aliphatic rings. The highest BCUT2D eigenvalue weighted by atomic mass is 16.4. The Morgan fingerprint density at radius 1 is 1.12 bits per heavy atom. The van der Waals surface area contributed by atoms with Crippen LogP contribution in [0.1, 0.15) is 36.8 Å². The maximum Gasteiger partial charge on any atom is 0.328 e. The molecular weight excluding hydrogens is 422 g/mol. The van der Waals surface area contributed by atoms with E-state index in [0.29, 0.717) is 24.2 Å². The lowest BCUT2D eigenvalue weighted by Crippen LogP contribution is -2.47. The van der Waals surface area contributed by atoms with Crippen molar-refractivity contribution in [1.82, 2.24) is 15.2 Å². The molecule has 8 nitrogen and oxygen atoms in total. The van der Waals surface area contributed by atoms with Gasteiger partial charge in [0.25, 0.3) is 0 Å². The van der Waals surface area contributed by atoms with E-state index < -0.39 is 11.9 Å². The number of rotatable bonds is 4. The van der Waals surface area contributed by atoms with E-state index in [-0.39, 0.29) is 11.8 Å². The van der Waals surface area contributed by atoms with Crippen molar-refractivity contribution in [2.75, 3.05) is 13.6 Å². The monoisotopic (exact) mass is 451 g/mol. The number of carbonyl (C=O) groups is 3. The number of nitrogens with one attached hydrogen (secondary N) is 2. The summed E-state index contributed by atoms with van der Waals surface area (Å²) in [5.74, 6) is -2.36. The molecule has 2 aliphatic carbocycles. The Balaban J connectivity index is 0.000000281.